The van der Waals surface area contributed by atoms with Crippen LogP contribution in [-0.2, 0) is 16.0 Å². The number of ketones is 1. The summed E-state index contributed by atoms with van der Waals surface area (Å²) in [6, 6.07) is 7.83. The molecule has 0 saturated carbocycles. The van der Waals surface area contributed by atoms with Crippen LogP contribution in [0.15, 0.2) is 24.3 Å². The van der Waals surface area contributed by atoms with E-state index in [-0.39, 0.29) is 17.6 Å². The van der Waals surface area contributed by atoms with Crippen molar-refractivity contribution in [3.63, 3.8) is 0 Å². The number of amides is 1. The van der Waals surface area contributed by atoms with E-state index in [4.69, 9.17) is 4.74 Å². The topological polar surface area (TPSA) is 55.4 Å². The minimum atomic E-state index is 0.0744. The van der Waals surface area contributed by atoms with Crippen LogP contribution in [-0.4, -0.2) is 25.3 Å². The summed E-state index contributed by atoms with van der Waals surface area (Å²) < 4.78 is 5.28. The van der Waals surface area contributed by atoms with E-state index in [0.29, 0.717) is 13.0 Å². The Labute approximate surface area is 133 Å². The Morgan fingerprint density at radius 2 is 1.95 bits per heavy atom. The fourth-order valence-corrected chi connectivity index (χ4v) is 2.27. The number of nitrogens with one attached hydrogen (secondary N) is 1. The molecule has 1 aromatic rings. The van der Waals surface area contributed by atoms with Gasteiger partial charge in [-0.15, -0.1) is 0 Å². The van der Waals surface area contributed by atoms with E-state index in [1.807, 2.05) is 31.2 Å². The third-order valence-electron chi connectivity index (χ3n) is 3.89. The molecule has 0 aliphatic carbocycles. The lowest BCUT2D eigenvalue weighted by Gasteiger charge is -2.09. The summed E-state index contributed by atoms with van der Waals surface area (Å²) in [5.74, 6) is 1.26. The lowest BCUT2D eigenvalue weighted by molar-refractivity contribution is -0.121. The van der Waals surface area contributed by atoms with Crippen LogP contribution < -0.4 is 10.1 Å². The summed E-state index contributed by atoms with van der Waals surface area (Å²) >= 11 is 0. The number of Topliss-reactive ketones (excluding diaryl/α,β-unsaturated/α-hetero) is 1. The van der Waals surface area contributed by atoms with Crippen LogP contribution in [0.2, 0.25) is 0 Å². The molecule has 1 atom stereocenters. The molecule has 4 nitrogen and oxygen atoms in total. The van der Waals surface area contributed by atoms with Gasteiger partial charge in [-0.1, -0.05) is 31.5 Å². The van der Waals surface area contributed by atoms with Crippen molar-refractivity contribution in [1.82, 2.24) is 5.32 Å². The third kappa shape index (κ3) is 6.74. The Hall–Kier alpha value is -1.84. The first-order valence-electron chi connectivity index (χ1n) is 7.93. The Balaban J connectivity index is 2.17. The molecule has 0 radical (unpaired) electrons. The minimum absolute atomic E-state index is 0.0744. The van der Waals surface area contributed by atoms with E-state index in [1.165, 1.54) is 0 Å². The number of hydrogen-bond acceptors (Lipinski definition) is 3. The van der Waals surface area contributed by atoms with Gasteiger partial charge in [-0.3, -0.25) is 9.59 Å². The zero-order valence-electron chi connectivity index (χ0n) is 13.9. The van der Waals surface area contributed by atoms with Crippen LogP contribution in [0.5, 0.6) is 5.75 Å². The van der Waals surface area contributed by atoms with Gasteiger partial charge in [0.1, 0.15) is 11.5 Å². The van der Waals surface area contributed by atoms with Crippen molar-refractivity contribution in [3.8, 4) is 5.75 Å². The van der Waals surface area contributed by atoms with Crippen molar-refractivity contribution in [2.45, 2.75) is 46.0 Å². The number of carbonyl (C=O) groups excluding carboxylic acids is 2. The number of rotatable bonds is 10. The molecule has 1 aromatic carbocycles. The average molecular weight is 305 g/mol. The summed E-state index contributed by atoms with van der Waals surface area (Å²) in [5, 5.41) is 2.93. The predicted octanol–water partition coefficient (Wildman–Crippen LogP) is 3.14. The fraction of sp³-hybridized carbons (Fsp3) is 0.556. The second kappa shape index (κ2) is 9.98. The third-order valence-corrected chi connectivity index (χ3v) is 3.89. The van der Waals surface area contributed by atoms with Gasteiger partial charge in [-0.25, -0.2) is 0 Å². The SMILES string of the molecule is COc1ccccc1CCNC(=O)CCCC[C@H](C)C(C)=O. The maximum atomic E-state index is 11.8. The predicted molar refractivity (Wildman–Crippen MR) is 88.0 cm³/mol. The highest BCUT2D eigenvalue weighted by Crippen LogP contribution is 2.17. The monoisotopic (exact) mass is 305 g/mol. The van der Waals surface area contributed by atoms with Gasteiger partial charge in [0.2, 0.25) is 5.91 Å². The van der Waals surface area contributed by atoms with Gasteiger partial charge in [-0.2, -0.15) is 0 Å². The first-order chi connectivity index (χ1) is 10.5. The molecule has 1 N–H and O–H groups in total. The first kappa shape index (κ1) is 18.2. The average Bonchev–Trinajstić information content (AvgIpc) is 2.51. The molecule has 0 heterocycles. The molecule has 0 saturated heterocycles. The first-order valence-corrected chi connectivity index (χ1v) is 7.93. The second-order valence-electron chi connectivity index (χ2n) is 5.67. The molecule has 22 heavy (non-hydrogen) atoms. The lowest BCUT2D eigenvalue weighted by atomic mass is 10.00. The summed E-state index contributed by atoms with van der Waals surface area (Å²) in [4.78, 5) is 22.9. The van der Waals surface area contributed by atoms with E-state index < -0.39 is 0 Å². The van der Waals surface area contributed by atoms with Crippen molar-refractivity contribution < 1.29 is 14.3 Å². The number of carbonyl (C=O) groups is 2. The number of ether oxygens (including phenoxy) is 1. The Morgan fingerprint density at radius 3 is 2.64 bits per heavy atom. The van der Waals surface area contributed by atoms with Gasteiger partial charge in [0.25, 0.3) is 0 Å². The molecule has 0 aliphatic heterocycles. The highest BCUT2D eigenvalue weighted by atomic mass is 16.5. The van der Waals surface area contributed by atoms with Gasteiger partial charge >= 0.3 is 0 Å². The number of benzene rings is 1. The van der Waals surface area contributed by atoms with Crippen molar-refractivity contribution in [2.75, 3.05) is 13.7 Å². The highest BCUT2D eigenvalue weighted by Gasteiger charge is 2.08. The summed E-state index contributed by atoms with van der Waals surface area (Å²) in [7, 11) is 1.65. The smallest absolute Gasteiger partial charge is 0.220 e. The Morgan fingerprint density at radius 1 is 1.23 bits per heavy atom. The van der Waals surface area contributed by atoms with E-state index in [1.54, 1.807) is 14.0 Å². The number of hydrogen-bond donors (Lipinski definition) is 1. The molecule has 122 valence electrons. The summed E-state index contributed by atoms with van der Waals surface area (Å²) in [6.07, 6.45) is 3.90. The molecule has 0 bridgehead atoms. The van der Waals surface area contributed by atoms with Crippen molar-refractivity contribution in [1.29, 1.82) is 0 Å². The van der Waals surface area contributed by atoms with Crippen LogP contribution in [0, 0.1) is 5.92 Å². The lowest BCUT2D eigenvalue weighted by Crippen LogP contribution is -2.25. The number of methoxy groups -OCH3 is 1. The van der Waals surface area contributed by atoms with E-state index >= 15 is 0 Å². The zero-order valence-corrected chi connectivity index (χ0v) is 13.9. The maximum Gasteiger partial charge on any atom is 0.220 e. The molecular weight excluding hydrogens is 278 g/mol. The van der Waals surface area contributed by atoms with Gasteiger partial charge in [0.05, 0.1) is 7.11 Å². The molecule has 4 heteroatoms. The maximum absolute atomic E-state index is 11.8. The minimum Gasteiger partial charge on any atom is -0.496 e. The van der Waals surface area contributed by atoms with Crippen LogP contribution in [0.25, 0.3) is 0 Å². The van der Waals surface area contributed by atoms with E-state index in [0.717, 1.165) is 37.0 Å². The van der Waals surface area contributed by atoms with Gasteiger partial charge in [-0.05, 0) is 37.8 Å². The van der Waals surface area contributed by atoms with Crippen molar-refractivity contribution >= 4 is 11.7 Å². The van der Waals surface area contributed by atoms with E-state index in [2.05, 4.69) is 5.32 Å². The van der Waals surface area contributed by atoms with Gasteiger partial charge in [0, 0.05) is 18.9 Å². The van der Waals surface area contributed by atoms with Crippen LogP contribution in [0.1, 0.15) is 45.1 Å². The Kier molecular flexibility index (Phi) is 8.26. The molecular formula is C18H27NO3. The van der Waals surface area contributed by atoms with Gasteiger partial charge in [0.15, 0.2) is 0 Å². The van der Waals surface area contributed by atoms with Crippen LogP contribution in [0.3, 0.4) is 0 Å². The molecule has 0 aliphatic rings. The van der Waals surface area contributed by atoms with Crippen molar-refractivity contribution in [2.24, 2.45) is 5.92 Å². The van der Waals surface area contributed by atoms with Crippen molar-refractivity contribution in [3.05, 3.63) is 29.8 Å². The zero-order chi connectivity index (χ0) is 16.4. The highest BCUT2D eigenvalue weighted by molar-refractivity contribution is 5.77. The summed E-state index contributed by atoms with van der Waals surface area (Å²) in [5.41, 5.74) is 1.10. The molecule has 0 fully saturated rings. The molecule has 1 rings (SSSR count). The Bertz CT molecular complexity index is 485. The normalized spacial score (nSPS) is 11.8. The quantitative estimate of drug-likeness (QED) is 0.676. The summed E-state index contributed by atoms with van der Waals surface area (Å²) in [6.45, 7) is 4.17. The van der Waals surface area contributed by atoms with Crippen LogP contribution in [0.4, 0.5) is 0 Å². The molecule has 0 aromatic heterocycles. The largest absolute Gasteiger partial charge is 0.496 e. The molecule has 1 amide bonds. The van der Waals surface area contributed by atoms with Crippen LogP contribution >= 0.6 is 0 Å². The second-order valence-corrected chi connectivity index (χ2v) is 5.67. The number of para-hydroxylation sites is 1. The number of unbranched alkanes of at least 4 members (excludes halogenated alkanes) is 1. The standard InChI is InChI=1S/C18H27NO3/c1-14(15(2)20)8-4-7-11-18(21)19-13-12-16-9-5-6-10-17(16)22-3/h5-6,9-10,14H,4,7-8,11-13H2,1-3H3,(H,19,21)/t14-/m0/s1. The van der Waals surface area contributed by atoms with E-state index in [9.17, 15) is 9.59 Å². The van der Waals surface area contributed by atoms with Gasteiger partial charge < -0.3 is 10.1 Å². The molecule has 0 spiro atoms. The fourth-order valence-electron chi connectivity index (χ4n) is 2.27. The molecule has 0 unspecified atom stereocenters.